The number of methoxy groups -OCH3 is 1. The zero-order valence-corrected chi connectivity index (χ0v) is 12.7. The first-order chi connectivity index (χ1) is 10.0. The number of phenolic OH excluding ortho intramolecular Hbond substituents is 1. The number of nitro groups is 1. The summed E-state index contributed by atoms with van der Waals surface area (Å²) in [5, 5.41) is 21.0. The first kappa shape index (κ1) is 15.1. The van der Waals surface area contributed by atoms with Crippen LogP contribution in [0.15, 0.2) is 46.9 Å². The van der Waals surface area contributed by atoms with Gasteiger partial charge in [-0.25, -0.2) is 0 Å². The number of halogens is 1. The Morgan fingerprint density at radius 3 is 2.57 bits per heavy atom. The summed E-state index contributed by atoms with van der Waals surface area (Å²) in [6.45, 7) is 0. The van der Waals surface area contributed by atoms with E-state index in [9.17, 15) is 15.2 Å². The number of rotatable bonds is 4. The Hall–Kier alpha value is -2.34. The quantitative estimate of drug-likeness (QED) is 0.515. The maximum Gasteiger partial charge on any atom is 0.277 e. The van der Waals surface area contributed by atoms with Crippen LogP contribution < -0.4 is 4.74 Å². The van der Waals surface area contributed by atoms with Gasteiger partial charge in [-0.15, -0.1) is 0 Å². The van der Waals surface area contributed by atoms with Crippen LogP contribution in [-0.2, 0) is 0 Å². The molecule has 0 unspecified atom stereocenters. The van der Waals surface area contributed by atoms with E-state index >= 15 is 0 Å². The van der Waals surface area contributed by atoms with Crippen molar-refractivity contribution in [2.24, 2.45) is 0 Å². The molecule has 6 heteroatoms. The van der Waals surface area contributed by atoms with Crippen LogP contribution in [0, 0.1) is 10.1 Å². The molecule has 0 amide bonds. The summed E-state index contributed by atoms with van der Waals surface area (Å²) >= 11 is 3.19. The predicted octanol–water partition coefficient (Wildman–Crippen LogP) is 3.94. The van der Waals surface area contributed by atoms with E-state index in [-0.39, 0.29) is 17.2 Å². The molecule has 21 heavy (non-hydrogen) atoms. The Kier molecular flexibility index (Phi) is 4.59. The van der Waals surface area contributed by atoms with Gasteiger partial charge in [0.15, 0.2) is 11.5 Å². The van der Waals surface area contributed by atoms with Crippen molar-refractivity contribution in [3.8, 4) is 11.5 Å². The third kappa shape index (κ3) is 3.41. The molecule has 0 bridgehead atoms. The fraction of sp³-hybridized carbons (Fsp3) is 0.0667. The van der Waals surface area contributed by atoms with Crippen LogP contribution in [0.1, 0.15) is 11.1 Å². The first-order valence-corrected chi connectivity index (χ1v) is 6.80. The number of benzene rings is 2. The summed E-state index contributed by atoms with van der Waals surface area (Å²) < 4.78 is 5.44. The third-order valence-electron chi connectivity index (χ3n) is 2.84. The number of ether oxygens (including phenoxy) is 1. The van der Waals surface area contributed by atoms with Crippen LogP contribution in [0.4, 0.5) is 0 Å². The molecule has 108 valence electrons. The summed E-state index contributed by atoms with van der Waals surface area (Å²) in [5.74, 6) is 0.198. The van der Waals surface area contributed by atoms with E-state index in [2.05, 4.69) is 15.9 Å². The van der Waals surface area contributed by atoms with E-state index in [4.69, 9.17) is 4.74 Å². The molecule has 0 fully saturated rings. The Morgan fingerprint density at radius 2 is 2.00 bits per heavy atom. The van der Waals surface area contributed by atoms with Gasteiger partial charge in [0.25, 0.3) is 5.70 Å². The van der Waals surface area contributed by atoms with E-state index in [1.807, 2.05) is 0 Å². The number of nitrogens with zero attached hydrogens (tertiary/aromatic N) is 1. The fourth-order valence-corrected chi connectivity index (χ4v) is 2.30. The lowest BCUT2D eigenvalue weighted by Crippen LogP contribution is -1.97. The Balaban J connectivity index is 2.54. The zero-order valence-electron chi connectivity index (χ0n) is 11.1. The van der Waals surface area contributed by atoms with Crippen LogP contribution >= 0.6 is 15.9 Å². The van der Waals surface area contributed by atoms with Gasteiger partial charge in [-0.1, -0.05) is 18.2 Å². The molecular formula is C15H12BrNO4. The van der Waals surface area contributed by atoms with E-state index in [0.717, 1.165) is 0 Å². The first-order valence-electron chi connectivity index (χ1n) is 6.01. The lowest BCUT2D eigenvalue weighted by molar-refractivity contribution is -0.374. The van der Waals surface area contributed by atoms with Crippen molar-refractivity contribution in [1.82, 2.24) is 0 Å². The van der Waals surface area contributed by atoms with Gasteiger partial charge in [0.05, 0.1) is 22.1 Å². The average Bonchev–Trinajstić information content (AvgIpc) is 2.48. The average molecular weight is 350 g/mol. The molecule has 2 aromatic rings. The summed E-state index contributed by atoms with van der Waals surface area (Å²) in [7, 11) is 1.42. The third-order valence-corrected chi connectivity index (χ3v) is 3.44. The van der Waals surface area contributed by atoms with E-state index in [1.54, 1.807) is 36.4 Å². The van der Waals surface area contributed by atoms with Crippen LogP contribution in [0.2, 0.25) is 0 Å². The Labute approximate surface area is 129 Å². The van der Waals surface area contributed by atoms with Crippen molar-refractivity contribution in [2.45, 2.75) is 0 Å². The number of aromatic hydroxyl groups is 1. The molecule has 0 saturated heterocycles. The minimum absolute atomic E-state index is 0.0322. The molecule has 0 saturated carbocycles. The minimum Gasteiger partial charge on any atom is -0.503 e. The molecule has 0 aliphatic carbocycles. The van der Waals surface area contributed by atoms with Crippen molar-refractivity contribution in [1.29, 1.82) is 0 Å². The lowest BCUT2D eigenvalue weighted by atomic mass is 10.1. The molecule has 1 N–H and O–H groups in total. The summed E-state index contributed by atoms with van der Waals surface area (Å²) in [6, 6.07) is 11.7. The topological polar surface area (TPSA) is 72.6 Å². The molecule has 0 aliphatic heterocycles. The van der Waals surface area contributed by atoms with Crippen LogP contribution in [0.3, 0.4) is 0 Å². The highest BCUT2D eigenvalue weighted by molar-refractivity contribution is 9.10. The highest BCUT2D eigenvalue weighted by Gasteiger charge is 2.15. The second-order valence-corrected chi connectivity index (χ2v) is 5.06. The molecule has 0 spiro atoms. The lowest BCUT2D eigenvalue weighted by Gasteiger charge is -2.07. The number of hydrogen-bond acceptors (Lipinski definition) is 4. The van der Waals surface area contributed by atoms with Crippen LogP contribution in [-0.4, -0.2) is 17.1 Å². The van der Waals surface area contributed by atoms with Gasteiger partial charge in [0.2, 0.25) is 0 Å². The Bertz CT molecular complexity index is 698. The number of hydrogen-bond donors (Lipinski definition) is 1. The number of phenols is 1. The second-order valence-electron chi connectivity index (χ2n) is 4.21. The zero-order chi connectivity index (χ0) is 15.4. The van der Waals surface area contributed by atoms with Crippen molar-refractivity contribution in [3.05, 3.63) is 68.2 Å². The molecule has 2 rings (SSSR count). The smallest absolute Gasteiger partial charge is 0.277 e. The van der Waals surface area contributed by atoms with Gasteiger partial charge in [-0.2, -0.15) is 0 Å². The van der Waals surface area contributed by atoms with E-state index < -0.39 is 4.92 Å². The SMILES string of the molecule is COc1cc(C=C(c2ccccc2)[N+](=O)[O-])cc(Br)c1O. The minimum atomic E-state index is -0.442. The van der Waals surface area contributed by atoms with E-state index in [0.29, 0.717) is 15.6 Å². The summed E-state index contributed by atoms with van der Waals surface area (Å²) in [5.41, 5.74) is 1.02. The van der Waals surface area contributed by atoms with Crippen molar-refractivity contribution in [3.63, 3.8) is 0 Å². The molecule has 0 aliphatic rings. The van der Waals surface area contributed by atoms with Gasteiger partial charge >= 0.3 is 0 Å². The molecule has 5 nitrogen and oxygen atoms in total. The van der Waals surface area contributed by atoms with Gasteiger partial charge in [0.1, 0.15) is 0 Å². The normalized spacial score (nSPS) is 11.2. The second kappa shape index (κ2) is 6.41. The van der Waals surface area contributed by atoms with Gasteiger partial charge in [-0.3, -0.25) is 10.1 Å². The van der Waals surface area contributed by atoms with Gasteiger partial charge in [0, 0.05) is 6.08 Å². The van der Waals surface area contributed by atoms with Gasteiger partial charge in [-0.05, 0) is 45.8 Å². The van der Waals surface area contributed by atoms with E-state index in [1.165, 1.54) is 19.3 Å². The maximum atomic E-state index is 11.3. The van der Waals surface area contributed by atoms with Crippen molar-refractivity contribution >= 4 is 27.7 Å². The van der Waals surface area contributed by atoms with Gasteiger partial charge < -0.3 is 9.84 Å². The maximum absolute atomic E-state index is 11.3. The molecule has 0 atom stereocenters. The summed E-state index contributed by atoms with van der Waals surface area (Å²) in [6.07, 6.45) is 1.43. The molecule has 0 radical (unpaired) electrons. The summed E-state index contributed by atoms with van der Waals surface area (Å²) in [4.78, 5) is 10.8. The molecule has 0 heterocycles. The molecular weight excluding hydrogens is 338 g/mol. The fourth-order valence-electron chi connectivity index (χ4n) is 1.84. The monoisotopic (exact) mass is 349 g/mol. The van der Waals surface area contributed by atoms with Crippen molar-refractivity contribution in [2.75, 3.05) is 7.11 Å². The van der Waals surface area contributed by atoms with Crippen LogP contribution in [0.25, 0.3) is 11.8 Å². The van der Waals surface area contributed by atoms with Crippen molar-refractivity contribution < 1.29 is 14.8 Å². The largest absolute Gasteiger partial charge is 0.503 e. The van der Waals surface area contributed by atoms with Crippen LogP contribution in [0.5, 0.6) is 11.5 Å². The standard InChI is InChI=1S/C15H12BrNO4/c1-21-14-9-10(7-12(16)15(14)18)8-13(17(19)20)11-5-3-2-4-6-11/h2-9,18H,1H3. The Morgan fingerprint density at radius 1 is 1.33 bits per heavy atom. The molecule has 0 aromatic heterocycles. The molecule has 2 aromatic carbocycles. The highest BCUT2D eigenvalue weighted by Crippen LogP contribution is 2.36. The predicted molar refractivity (Wildman–Crippen MR) is 83.7 cm³/mol. The highest BCUT2D eigenvalue weighted by atomic mass is 79.9.